The van der Waals surface area contributed by atoms with Crippen LogP contribution >= 0.6 is 0 Å². The number of rotatable bonds is 12. The van der Waals surface area contributed by atoms with E-state index in [4.69, 9.17) is 10.5 Å². The monoisotopic (exact) mass is 608 g/mol. The van der Waals surface area contributed by atoms with Gasteiger partial charge in [0.25, 0.3) is 5.56 Å². The summed E-state index contributed by atoms with van der Waals surface area (Å²) in [5, 5.41) is 14.1. The molecular weight excluding hydrogens is 571 g/mol. The van der Waals surface area contributed by atoms with Crippen LogP contribution in [0.25, 0.3) is 0 Å². The van der Waals surface area contributed by atoms with Crippen LogP contribution in [0.1, 0.15) is 60.7 Å². The van der Waals surface area contributed by atoms with Crippen molar-refractivity contribution in [3.63, 3.8) is 0 Å². The number of benzene rings is 1. The van der Waals surface area contributed by atoms with E-state index in [1.165, 1.54) is 20.2 Å². The number of sulfonamides is 1. The van der Waals surface area contributed by atoms with E-state index >= 15 is 0 Å². The second-order valence-corrected chi connectivity index (χ2v) is 12.6. The Balaban J connectivity index is 1.93. The fraction of sp³-hybridized carbons (Fsp3) is 0.556. The largest absolute Gasteiger partial charge is 0.478 e. The number of hydrogen-bond acceptors (Lipinski definition) is 9. The minimum atomic E-state index is -3.95. The van der Waals surface area contributed by atoms with Crippen molar-refractivity contribution < 1.29 is 32.2 Å². The van der Waals surface area contributed by atoms with Crippen molar-refractivity contribution in [1.29, 1.82) is 0 Å². The van der Waals surface area contributed by atoms with Gasteiger partial charge in [-0.15, -0.1) is 5.10 Å². The number of ether oxygens (including phenoxy) is 1. The molecule has 3 atom stereocenters. The highest BCUT2D eigenvalue weighted by Crippen LogP contribution is 2.47. The zero-order valence-electron chi connectivity index (χ0n) is 24.1. The summed E-state index contributed by atoms with van der Waals surface area (Å²) in [6.07, 6.45) is 0.587. The maximum Gasteiger partial charge on any atom is 0.336 e. The smallest absolute Gasteiger partial charge is 0.336 e. The minimum absolute atomic E-state index is 0.0508. The summed E-state index contributed by atoms with van der Waals surface area (Å²) < 4.78 is 48.6. The van der Waals surface area contributed by atoms with Crippen molar-refractivity contribution in [1.82, 2.24) is 14.7 Å². The van der Waals surface area contributed by atoms with Crippen LogP contribution in [0.4, 0.5) is 15.9 Å². The lowest BCUT2D eigenvalue weighted by Gasteiger charge is -2.44. The summed E-state index contributed by atoms with van der Waals surface area (Å²) in [5.74, 6) is -2.72. The Morgan fingerprint density at radius 3 is 2.60 bits per heavy atom. The molecule has 42 heavy (non-hydrogen) atoms. The lowest BCUT2D eigenvalue weighted by molar-refractivity contribution is -0.138. The molecule has 230 valence electrons. The van der Waals surface area contributed by atoms with Gasteiger partial charge >= 0.3 is 5.97 Å². The Morgan fingerprint density at radius 2 is 1.98 bits per heavy atom. The highest BCUT2D eigenvalue weighted by atomic mass is 32.2. The van der Waals surface area contributed by atoms with Crippen LogP contribution < -0.4 is 20.5 Å². The molecule has 2 aromatic rings. The van der Waals surface area contributed by atoms with Gasteiger partial charge < -0.3 is 25.4 Å². The number of hydrogen-bond donors (Lipinski definition) is 2. The number of nitrogens with zero attached hydrogens (tertiary/aromatic N) is 5. The van der Waals surface area contributed by atoms with Crippen molar-refractivity contribution in [2.24, 2.45) is 5.73 Å². The third kappa shape index (κ3) is 5.60. The zero-order chi connectivity index (χ0) is 30.9. The second-order valence-electron chi connectivity index (χ2n) is 10.5. The molecule has 1 aromatic heterocycles. The summed E-state index contributed by atoms with van der Waals surface area (Å²) in [4.78, 5) is 42.8. The van der Waals surface area contributed by atoms with Crippen LogP contribution in [0, 0.1) is 5.82 Å². The van der Waals surface area contributed by atoms with Crippen LogP contribution in [0.2, 0.25) is 0 Å². The molecule has 13 nitrogen and oxygen atoms in total. The van der Waals surface area contributed by atoms with Crippen molar-refractivity contribution in [3.05, 3.63) is 51.1 Å². The third-order valence-electron chi connectivity index (χ3n) is 7.88. The molecular formula is C27H37FN6O7S. The molecule has 15 heteroatoms. The SMILES string of the molecule is CCN1C[C@H](C)N2c3c(N(C)S(=O)(=O)CCCCCN)nn(Cc4ccc(F)cc4C(=O)O)c(=O)c3C(OC)C2C1=O. The Kier molecular flexibility index (Phi) is 9.23. The highest BCUT2D eigenvalue weighted by Gasteiger charge is 2.53. The molecule has 1 fully saturated rings. The highest BCUT2D eigenvalue weighted by molar-refractivity contribution is 7.92. The van der Waals surface area contributed by atoms with E-state index in [-0.39, 0.29) is 45.9 Å². The summed E-state index contributed by atoms with van der Waals surface area (Å²) in [7, 11) is -1.25. The van der Waals surface area contributed by atoms with Crippen molar-refractivity contribution in [3.8, 4) is 0 Å². The molecule has 3 heterocycles. The number of likely N-dealkylation sites (N-methyl/N-ethyl adjacent to an activating group) is 1. The van der Waals surface area contributed by atoms with Crippen LogP contribution in [0.3, 0.4) is 0 Å². The molecule has 3 N–H and O–H groups in total. The molecule has 1 amide bonds. The van der Waals surface area contributed by atoms with Gasteiger partial charge in [0.05, 0.1) is 29.1 Å². The molecule has 2 aliphatic rings. The molecule has 0 aliphatic carbocycles. The minimum Gasteiger partial charge on any atom is -0.478 e. The molecule has 0 radical (unpaired) electrons. The first-order chi connectivity index (χ1) is 19.9. The van der Waals surface area contributed by atoms with Crippen LogP contribution in [-0.2, 0) is 26.1 Å². The molecule has 0 saturated carbocycles. The lowest BCUT2D eigenvalue weighted by atomic mass is 10.0. The molecule has 0 spiro atoms. The summed E-state index contributed by atoms with van der Waals surface area (Å²) in [6.45, 7) is 4.55. The van der Waals surface area contributed by atoms with Crippen LogP contribution in [0.15, 0.2) is 23.0 Å². The predicted molar refractivity (Wildman–Crippen MR) is 154 cm³/mol. The van der Waals surface area contributed by atoms with E-state index < -0.39 is 46.1 Å². The van der Waals surface area contributed by atoms with E-state index in [1.54, 1.807) is 9.80 Å². The molecule has 1 aromatic carbocycles. The van der Waals surface area contributed by atoms with Gasteiger partial charge in [0.15, 0.2) is 5.82 Å². The number of unbranched alkanes of at least 4 members (excludes halogenated alkanes) is 2. The van der Waals surface area contributed by atoms with E-state index in [0.29, 0.717) is 38.9 Å². The first-order valence-corrected chi connectivity index (χ1v) is 15.4. The summed E-state index contributed by atoms with van der Waals surface area (Å²) in [5.41, 5.74) is 4.83. The van der Waals surface area contributed by atoms with E-state index in [0.717, 1.165) is 21.1 Å². The molecule has 0 bridgehead atoms. The van der Waals surface area contributed by atoms with Crippen LogP contribution in [-0.4, -0.2) is 91.7 Å². The Morgan fingerprint density at radius 1 is 1.26 bits per heavy atom. The normalized spacial score (nSPS) is 20.0. The second kappa shape index (κ2) is 12.4. The maximum atomic E-state index is 14.0. The Labute approximate surface area is 243 Å². The maximum absolute atomic E-state index is 14.0. The van der Waals surface area contributed by atoms with Gasteiger partial charge in [-0.1, -0.05) is 12.5 Å². The van der Waals surface area contributed by atoms with Gasteiger partial charge in [0.1, 0.15) is 18.0 Å². The molecule has 1 saturated heterocycles. The zero-order valence-corrected chi connectivity index (χ0v) is 24.9. The van der Waals surface area contributed by atoms with Crippen molar-refractivity contribution in [2.45, 2.75) is 57.8 Å². The number of anilines is 2. The van der Waals surface area contributed by atoms with E-state index in [9.17, 15) is 32.3 Å². The Bertz CT molecular complexity index is 1530. The molecule has 2 aliphatic heterocycles. The topological polar surface area (TPSA) is 168 Å². The fourth-order valence-electron chi connectivity index (χ4n) is 5.72. The van der Waals surface area contributed by atoms with E-state index in [2.05, 4.69) is 5.10 Å². The Hall–Kier alpha value is -3.56. The average Bonchev–Trinajstić information content (AvgIpc) is 3.31. The predicted octanol–water partition coefficient (Wildman–Crippen LogP) is 1.15. The van der Waals surface area contributed by atoms with Crippen LogP contribution in [0.5, 0.6) is 0 Å². The fourth-order valence-corrected chi connectivity index (χ4v) is 6.95. The number of carboxylic acid groups (broad SMARTS) is 1. The van der Waals surface area contributed by atoms with Gasteiger partial charge in [-0.3, -0.25) is 13.9 Å². The van der Waals surface area contributed by atoms with Crippen molar-refractivity contribution >= 4 is 33.4 Å². The first-order valence-electron chi connectivity index (χ1n) is 13.8. The number of aromatic carboxylic acids is 1. The first kappa shape index (κ1) is 31.4. The summed E-state index contributed by atoms with van der Waals surface area (Å²) >= 11 is 0. The number of aromatic nitrogens is 2. The third-order valence-corrected chi connectivity index (χ3v) is 9.69. The van der Waals surface area contributed by atoms with Crippen molar-refractivity contribution in [2.75, 3.05) is 48.7 Å². The number of carbonyl (C=O) groups is 2. The van der Waals surface area contributed by atoms with Gasteiger partial charge in [0.2, 0.25) is 15.9 Å². The number of carboxylic acids is 1. The lowest BCUT2D eigenvalue weighted by Crippen LogP contribution is -2.61. The molecule has 2 unspecified atom stereocenters. The summed E-state index contributed by atoms with van der Waals surface area (Å²) in [6, 6.07) is 1.90. The number of piperazine rings is 1. The van der Waals surface area contributed by atoms with E-state index in [1.807, 2.05) is 13.8 Å². The van der Waals surface area contributed by atoms with Gasteiger partial charge in [-0.05, 0) is 50.9 Å². The molecule has 4 rings (SSSR count). The standard InChI is InChI=1S/C27H37FN6O7S/c1-5-32-14-16(2)34-21-20(23(41-4)22(34)26(32)36)25(35)33(15-17-9-10-18(28)13-19(17)27(37)38)30-24(21)31(3)42(39,40)12-8-6-7-11-29/h9-10,13,16,22-23H,5-8,11-12,14-15,29H2,1-4H3,(H,37,38)/t16-,22?,23?/m0/s1. The van der Waals surface area contributed by atoms with Gasteiger partial charge in [-0.2, -0.15) is 0 Å². The van der Waals surface area contributed by atoms with Gasteiger partial charge in [-0.25, -0.2) is 22.3 Å². The number of amides is 1. The number of nitrogens with two attached hydrogens (primary N) is 1. The number of carbonyl (C=O) groups excluding carboxylic acids is 1. The number of halogens is 1. The number of methoxy groups -OCH3 is 1. The average molecular weight is 609 g/mol. The number of fused-ring (bicyclic) bond motifs is 3. The quantitative estimate of drug-likeness (QED) is 0.334. The van der Waals surface area contributed by atoms with Gasteiger partial charge in [0, 0.05) is 33.3 Å².